The van der Waals surface area contributed by atoms with Crippen LogP contribution in [0.5, 0.6) is 5.75 Å². The smallest absolute Gasteiger partial charge is 0.339 e. The second-order valence-electron chi connectivity index (χ2n) is 4.87. The molecule has 0 saturated carbocycles. The molecule has 2 aromatic carbocycles. The minimum absolute atomic E-state index is 0.0633. The molecule has 0 atom stereocenters. The van der Waals surface area contributed by atoms with Gasteiger partial charge < -0.3 is 9.17 Å². The lowest BCUT2D eigenvalue weighted by Gasteiger charge is -2.09. The van der Waals surface area contributed by atoms with Crippen LogP contribution in [-0.4, -0.2) is 13.4 Å². The number of aromatic amines is 1. The van der Waals surface area contributed by atoms with Crippen molar-refractivity contribution in [3.63, 3.8) is 0 Å². The Kier molecular flexibility index (Phi) is 3.46. The van der Waals surface area contributed by atoms with Gasteiger partial charge in [-0.2, -0.15) is 8.42 Å². The van der Waals surface area contributed by atoms with E-state index in [0.717, 1.165) is 5.56 Å². The summed E-state index contributed by atoms with van der Waals surface area (Å²) >= 11 is 0. The minimum atomic E-state index is -3.96. The van der Waals surface area contributed by atoms with E-state index in [0.29, 0.717) is 10.9 Å². The van der Waals surface area contributed by atoms with Gasteiger partial charge in [0.05, 0.1) is 5.52 Å². The van der Waals surface area contributed by atoms with E-state index in [1.807, 2.05) is 6.92 Å². The first-order valence-electron chi connectivity index (χ1n) is 6.59. The van der Waals surface area contributed by atoms with Gasteiger partial charge in [0.25, 0.3) is 0 Å². The van der Waals surface area contributed by atoms with Gasteiger partial charge in [0, 0.05) is 17.6 Å². The highest BCUT2D eigenvalue weighted by Gasteiger charge is 2.18. The maximum Gasteiger partial charge on any atom is 0.339 e. The highest BCUT2D eigenvalue weighted by Crippen LogP contribution is 2.25. The molecule has 0 fully saturated rings. The van der Waals surface area contributed by atoms with Crippen LogP contribution >= 0.6 is 0 Å². The Morgan fingerprint density at radius 1 is 1.00 bits per heavy atom. The number of benzene rings is 2. The fourth-order valence-electron chi connectivity index (χ4n) is 2.12. The zero-order chi connectivity index (χ0) is 15.7. The van der Waals surface area contributed by atoms with E-state index in [4.69, 9.17) is 4.18 Å². The summed E-state index contributed by atoms with van der Waals surface area (Å²) in [4.78, 5) is 14.7. The molecule has 0 amide bonds. The monoisotopic (exact) mass is 315 g/mol. The van der Waals surface area contributed by atoms with Crippen molar-refractivity contribution in [2.75, 3.05) is 0 Å². The lowest BCUT2D eigenvalue weighted by atomic mass is 10.2. The van der Waals surface area contributed by atoms with Gasteiger partial charge in [0.2, 0.25) is 0 Å². The zero-order valence-corrected chi connectivity index (χ0v) is 12.6. The molecule has 5 nitrogen and oxygen atoms in total. The Bertz CT molecular complexity index is 989. The van der Waals surface area contributed by atoms with Gasteiger partial charge >= 0.3 is 10.1 Å². The maximum absolute atomic E-state index is 12.3. The lowest BCUT2D eigenvalue weighted by molar-refractivity contribution is 0.488. The van der Waals surface area contributed by atoms with Gasteiger partial charge in [-0.25, -0.2) is 0 Å². The molecule has 0 aliphatic heterocycles. The van der Waals surface area contributed by atoms with Crippen molar-refractivity contribution < 1.29 is 12.6 Å². The summed E-state index contributed by atoms with van der Waals surface area (Å²) in [5, 5.41) is 0.374. The first-order chi connectivity index (χ1) is 10.5. The third kappa shape index (κ3) is 2.60. The molecule has 3 rings (SSSR count). The van der Waals surface area contributed by atoms with Gasteiger partial charge in [0.1, 0.15) is 4.90 Å². The number of fused-ring (bicyclic) bond motifs is 1. The average Bonchev–Trinajstić information content (AvgIpc) is 2.48. The molecule has 0 saturated heterocycles. The number of para-hydroxylation sites is 1. The van der Waals surface area contributed by atoms with E-state index in [-0.39, 0.29) is 16.1 Å². The molecule has 22 heavy (non-hydrogen) atoms. The van der Waals surface area contributed by atoms with Crippen LogP contribution in [0.3, 0.4) is 0 Å². The molecule has 1 heterocycles. The van der Waals surface area contributed by atoms with Crippen LogP contribution in [-0.2, 0) is 10.1 Å². The summed E-state index contributed by atoms with van der Waals surface area (Å²) in [6, 6.07) is 12.4. The van der Waals surface area contributed by atoms with Crippen LogP contribution < -0.4 is 9.61 Å². The van der Waals surface area contributed by atoms with Gasteiger partial charge in [0.15, 0.2) is 11.2 Å². The summed E-state index contributed by atoms with van der Waals surface area (Å²) in [7, 11) is -3.96. The third-order valence-corrected chi connectivity index (χ3v) is 4.51. The molecular weight excluding hydrogens is 302 g/mol. The fourth-order valence-corrected chi connectivity index (χ4v) is 3.06. The zero-order valence-electron chi connectivity index (χ0n) is 11.7. The Morgan fingerprint density at radius 2 is 1.73 bits per heavy atom. The van der Waals surface area contributed by atoms with E-state index in [1.54, 1.807) is 24.3 Å². The Morgan fingerprint density at radius 3 is 2.45 bits per heavy atom. The number of nitrogens with one attached hydrogen (secondary N) is 1. The number of H-pyrrole nitrogens is 1. The highest BCUT2D eigenvalue weighted by molar-refractivity contribution is 7.87. The molecule has 3 aromatic rings. The van der Waals surface area contributed by atoms with Gasteiger partial charge in [-0.15, -0.1) is 0 Å². The second kappa shape index (κ2) is 5.31. The van der Waals surface area contributed by atoms with Gasteiger partial charge in [-0.05, 0) is 31.2 Å². The van der Waals surface area contributed by atoms with Crippen molar-refractivity contribution in [1.29, 1.82) is 0 Å². The first kappa shape index (κ1) is 14.3. The van der Waals surface area contributed by atoms with Crippen molar-refractivity contribution in [2.45, 2.75) is 11.8 Å². The molecule has 0 unspecified atom stereocenters. The number of rotatable bonds is 3. The van der Waals surface area contributed by atoms with Crippen molar-refractivity contribution in [1.82, 2.24) is 4.98 Å². The molecule has 1 N–H and O–H groups in total. The van der Waals surface area contributed by atoms with Gasteiger partial charge in [-0.1, -0.05) is 23.8 Å². The first-order valence-corrected chi connectivity index (χ1v) is 8.00. The fraction of sp³-hybridized carbons (Fsp3) is 0.0625. The molecule has 0 aliphatic rings. The van der Waals surface area contributed by atoms with E-state index < -0.39 is 10.1 Å². The van der Waals surface area contributed by atoms with Gasteiger partial charge in [-0.3, -0.25) is 4.79 Å². The Balaban J connectivity index is 2.08. The number of aromatic nitrogens is 1. The molecular formula is C16H13NO4S. The normalized spacial score (nSPS) is 11.5. The second-order valence-corrected chi connectivity index (χ2v) is 6.42. The third-order valence-electron chi connectivity index (χ3n) is 3.26. The van der Waals surface area contributed by atoms with E-state index in [2.05, 4.69) is 4.98 Å². The molecule has 6 heteroatoms. The van der Waals surface area contributed by atoms with Crippen molar-refractivity contribution in [3.05, 3.63) is 70.5 Å². The van der Waals surface area contributed by atoms with E-state index in [1.165, 1.54) is 30.5 Å². The van der Waals surface area contributed by atoms with Crippen molar-refractivity contribution in [3.8, 4) is 5.75 Å². The summed E-state index contributed by atoms with van der Waals surface area (Å²) in [6.45, 7) is 1.87. The summed E-state index contributed by atoms with van der Waals surface area (Å²) < 4.78 is 29.9. The van der Waals surface area contributed by atoms with E-state index >= 15 is 0 Å². The standard InChI is InChI=1S/C16H13NO4S/c1-11-5-7-12(8-6-11)22(19,20)21-15-4-2-3-13-14(18)9-10-17-16(13)15/h2-10H,1H3,(H,17,18). The number of hydrogen-bond acceptors (Lipinski definition) is 4. The quantitative estimate of drug-likeness (QED) is 0.754. The van der Waals surface area contributed by atoms with Crippen LogP contribution in [0.4, 0.5) is 0 Å². The Hall–Kier alpha value is -2.60. The number of hydrogen-bond donors (Lipinski definition) is 1. The topological polar surface area (TPSA) is 76.2 Å². The summed E-state index contributed by atoms with van der Waals surface area (Å²) in [5.74, 6) is 0.0933. The largest absolute Gasteiger partial charge is 0.377 e. The van der Waals surface area contributed by atoms with Crippen molar-refractivity contribution in [2.24, 2.45) is 0 Å². The SMILES string of the molecule is Cc1ccc(S(=O)(=O)Oc2cccc3c(=O)cc[nH]c23)cc1. The summed E-state index contributed by atoms with van der Waals surface area (Å²) in [6.07, 6.45) is 1.45. The van der Waals surface area contributed by atoms with Crippen LogP contribution in [0.25, 0.3) is 10.9 Å². The maximum atomic E-state index is 12.3. The molecule has 0 bridgehead atoms. The van der Waals surface area contributed by atoms with Crippen molar-refractivity contribution >= 4 is 21.0 Å². The molecule has 0 radical (unpaired) electrons. The Labute approximate surface area is 127 Å². The van der Waals surface area contributed by atoms with E-state index in [9.17, 15) is 13.2 Å². The number of pyridine rings is 1. The molecule has 112 valence electrons. The molecule has 1 aromatic heterocycles. The van der Waals surface area contributed by atoms with Crippen LogP contribution in [0, 0.1) is 6.92 Å². The predicted molar refractivity (Wildman–Crippen MR) is 83.6 cm³/mol. The highest BCUT2D eigenvalue weighted by atomic mass is 32.2. The number of aryl methyl sites for hydroxylation is 1. The minimum Gasteiger partial charge on any atom is -0.377 e. The predicted octanol–water partition coefficient (Wildman–Crippen LogP) is 2.60. The summed E-state index contributed by atoms with van der Waals surface area (Å²) in [5.41, 5.74) is 1.10. The van der Waals surface area contributed by atoms with Crippen LogP contribution in [0.1, 0.15) is 5.56 Å². The lowest BCUT2D eigenvalue weighted by Crippen LogP contribution is -2.11. The molecule has 0 spiro atoms. The van der Waals surface area contributed by atoms with Crippen LogP contribution in [0.2, 0.25) is 0 Å². The molecule has 0 aliphatic carbocycles. The van der Waals surface area contributed by atoms with Crippen LogP contribution in [0.15, 0.2) is 64.4 Å². The average molecular weight is 315 g/mol.